The van der Waals surface area contributed by atoms with E-state index in [2.05, 4.69) is 11.2 Å². The standard InChI is InChI=1S/C11H16N2O3/c1-4-11(7-6-8-12,13-9(3)14)10(15)16-5-2/h1,6-7H,5,8,12H2,2-3H3,(H,13,14). The first-order chi connectivity index (χ1) is 7.52. The van der Waals surface area contributed by atoms with Gasteiger partial charge in [0, 0.05) is 13.5 Å². The van der Waals surface area contributed by atoms with Crippen molar-refractivity contribution in [1.29, 1.82) is 0 Å². The van der Waals surface area contributed by atoms with Crippen LogP contribution in [-0.2, 0) is 14.3 Å². The van der Waals surface area contributed by atoms with Gasteiger partial charge in [-0.2, -0.15) is 0 Å². The Labute approximate surface area is 95.0 Å². The van der Waals surface area contributed by atoms with Gasteiger partial charge in [-0.3, -0.25) is 4.79 Å². The molecule has 88 valence electrons. The Morgan fingerprint density at radius 3 is 2.62 bits per heavy atom. The molecule has 0 fully saturated rings. The number of amides is 1. The van der Waals surface area contributed by atoms with Crippen LogP contribution in [0.4, 0.5) is 0 Å². The number of nitrogens with one attached hydrogen (secondary N) is 1. The van der Waals surface area contributed by atoms with E-state index >= 15 is 0 Å². The molecule has 0 heterocycles. The quantitative estimate of drug-likeness (QED) is 0.377. The molecule has 0 aliphatic carbocycles. The van der Waals surface area contributed by atoms with E-state index in [1.54, 1.807) is 6.92 Å². The molecule has 0 saturated heterocycles. The van der Waals surface area contributed by atoms with Crippen LogP contribution in [0.25, 0.3) is 0 Å². The summed E-state index contributed by atoms with van der Waals surface area (Å²) in [5, 5.41) is 2.37. The fourth-order valence-electron chi connectivity index (χ4n) is 1.07. The highest BCUT2D eigenvalue weighted by atomic mass is 16.5. The summed E-state index contributed by atoms with van der Waals surface area (Å²) in [6, 6.07) is 0. The van der Waals surface area contributed by atoms with E-state index in [1.165, 1.54) is 19.1 Å². The maximum Gasteiger partial charge on any atom is 0.348 e. The Balaban J connectivity index is 5.12. The first-order valence-corrected chi connectivity index (χ1v) is 4.84. The summed E-state index contributed by atoms with van der Waals surface area (Å²) in [5.41, 5.74) is 3.71. The largest absolute Gasteiger partial charge is 0.463 e. The summed E-state index contributed by atoms with van der Waals surface area (Å²) in [6.45, 7) is 3.31. The summed E-state index contributed by atoms with van der Waals surface area (Å²) in [5.74, 6) is 1.10. The van der Waals surface area contributed by atoms with Gasteiger partial charge in [0.15, 0.2) is 0 Å². The van der Waals surface area contributed by atoms with Gasteiger partial charge in [-0.15, -0.1) is 6.42 Å². The van der Waals surface area contributed by atoms with Crippen molar-refractivity contribution in [3.8, 4) is 12.3 Å². The highest BCUT2D eigenvalue weighted by Crippen LogP contribution is 2.09. The highest BCUT2D eigenvalue weighted by Gasteiger charge is 2.36. The van der Waals surface area contributed by atoms with E-state index in [0.717, 1.165) is 0 Å². The van der Waals surface area contributed by atoms with Gasteiger partial charge in [0.05, 0.1) is 6.61 Å². The lowest BCUT2D eigenvalue weighted by atomic mass is 10.00. The number of terminal acetylenes is 1. The van der Waals surface area contributed by atoms with Crippen molar-refractivity contribution in [1.82, 2.24) is 5.32 Å². The first kappa shape index (κ1) is 14.2. The summed E-state index contributed by atoms with van der Waals surface area (Å²) >= 11 is 0. The van der Waals surface area contributed by atoms with Gasteiger partial charge in [-0.25, -0.2) is 4.79 Å². The second-order valence-corrected chi connectivity index (χ2v) is 2.99. The second-order valence-electron chi connectivity index (χ2n) is 2.99. The zero-order valence-corrected chi connectivity index (χ0v) is 9.45. The van der Waals surface area contributed by atoms with Gasteiger partial charge >= 0.3 is 5.97 Å². The minimum absolute atomic E-state index is 0.179. The SMILES string of the molecule is C#CC(C=CCN)(NC(C)=O)C(=O)OCC. The molecule has 0 aromatic heterocycles. The summed E-state index contributed by atoms with van der Waals surface area (Å²) < 4.78 is 4.81. The van der Waals surface area contributed by atoms with E-state index < -0.39 is 17.4 Å². The minimum atomic E-state index is -1.57. The number of ether oxygens (including phenoxy) is 1. The number of hydrogen-bond donors (Lipinski definition) is 2. The Bertz CT molecular complexity index is 331. The van der Waals surface area contributed by atoms with Gasteiger partial charge < -0.3 is 15.8 Å². The molecule has 16 heavy (non-hydrogen) atoms. The molecule has 5 nitrogen and oxygen atoms in total. The molecule has 1 unspecified atom stereocenters. The van der Waals surface area contributed by atoms with E-state index in [1.807, 2.05) is 0 Å². The molecule has 0 aromatic carbocycles. The zero-order valence-electron chi connectivity index (χ0n) is 9.45. The van der Waals surface area contributed by atoms with Crippen LogP contribution in [0.15, 0.2) is 12.2 Å². The molecule has 0 aromatic rings. The molecule has 3 N–H and O–H groups in total. The van der Waals surface area contributed by atoms with E-state index in [-0.39, 0.29) is 13.2 Å². The topological polar surface area (TPSA) is 81.4 Å². The second kappa shape index (κ2) is 6.64. The normalized spacial score (nSPS) is 13.9. The average molecular weight is 224 g/mol. The molecule has 0 bridgehead atoms. The maximum absolute atomic E-state index is 11.7. The molecule has 5 heteroatoms. The summed E-state index contributed by atoms with van der Waals surface area (Å²) in [4.78, 5) is 22.7. The van der Waals surface area contributed by atoms with Crippen molar-refractivity contribution in [2.75, 3.05) is 13.2 Å². The highest BCUT2D eigenvalue weighted by molar-refractivity contribution is 5.92. The Kier molecular flexibility index (Phi) is 5.89. The molecule has 0 rings (SSSR count). The van der Waals surface area contributed by atoms with Crippen LogP contribution >= 0.6 is 0 Å². The van der Waals surface area contributed by atoms with Gasteiger partial charge in [0.25, 0.3) is 0 Å². The molecular weight excluding hydrogens is 208 g/mol. The van der Waals surface area contributed by atoms with Gasteiger partial charge in [-0.05, 0) is 13.0 Å². The van der Waals surface area contributed by atoms with Crippen LogP contribution < -0.4 is 11.1 Å². The molecule has 0 saturated carbocycles. The van der Waals surface area contributed by atoms with Crippen molar-refractivity contribution in [3.05, 3.63) is 12.2 Å². The Hall–Kier alpha value is -1.80. The molecular formula is C11H16N2O3. The Morgan fingerprint density at radius 1 is 1.62 bits per heavy atom. The minimum Gasteiger partial charge on any atom is -0.463 e. The number of esters is 1. The van der Waals surface area contributed by atoms with Crippen molar-refractivity contribution >= 4 is 11.9 Å². The molecule has 0 aliphatic heterocycles. The van der Waals surface area contributed by atoms with Crippen molar-refractivity contribution in [3.63, 3.8) is 0 Å². The summed E-state index contributed by atoms with van der Waals surface area (Å²) in [6.07, 6.45) is 8.12. The van der Waals surface area contributed by atoms with Crippen LogP contribution in [0, 0.1) is 12.3 Å². The van der Waals surface area contributed by atoms with Crippen molar-refractivity contribution < 1.29 is 14.3 Å². The molecule has 0 radical (unpaired) electrons. The third-order valence-corrected chi connectivity index (χ3v) is 1.70. The lowest BCUT2D eigenvalue weighted by molar-refractivity contribution is -0.148. The average Bonchev–Trinajstić information content (AvgIpc) is 2.24. The fraction of sp³-hybridized carbons (Fsp3) is 0.455. The molecule has 0 aliphatic rings. The van der Waals surface area contributed by atoms with Gasteiger partial charge in [0.2, 0.25) is 11.4 Å². The molecule has 0 spiro atoms. The predicted molar refractivity (Wildman–Crippen MR) is 60.2 cm³/mol. The van der Waals surface area contributed by atoms with Crippen LogP contribution in [0.5, 0.6) is 0 Å². The first-order valence-electron chi connectivity index (χ1n) is 4.84. The molecule has 1 amide bonds. The van der Waals surface area contributed by atoms with E-state index in [9.17, 15) is 9.59 Å². The number of nitrogens with two attached hydrogens (primary N) is 1. The maximum atomic E-state index is 11.7. The molecule has 1 atom stereocenters. The number of rotatable bonds is 5. The zero-order chi connectivity index (χ0) is 12.6. The van der Waals surface area contributed by atoms with E-state index in [4.69, 9.17) is 16.9 Å². The smallest absolute Gasteiger partial charge is 0.348 e. The van der Waals surface area contributed by atoms with Gasteiger partial charge in [0.1, 0.15) is 0 Å². The number of hydrogen-bond acceptors (Lipinski definition) is 4. The Morgan fingerprint density at radius 2 is 2.25 bits per heavy atom. The van der Waals surface area contributed by atoms with Gasteiger partial charge in [-0.1, -0.05) is 12.0 Å². The van der Waals surface area contributed by atoms with Crippen molar-refractivity contribution in [2.24, 2.45) is 5.73 Å². The van der Waals surface area contributed by atoms with Crippen LogP contribution in [0.2, 0.25) is 0 Å². The van der Waals surface area contributed by atoms with Crippen molar-refractivity contribution in [2.45, 2.75) is 19.4 Å². The third-order valence-electron chi connectivity index (χ3n) is 1.70. The summed E-state index contributed by atoms with van der Waals surface area (Å²) in [7, 11) is 0. The lowest BCUT2D eigenvalue weighted by Gasteiger charge is -2.23. The third kappa shape index (κ3) is 3.75. The number of carbonyl (C=O) groups is 2. The van der Waals surface area contributed by atoms with E-state index in [0.29, 0.717) is 0 Å². The predicted octanol–water partition coefficient (Wildman–Crippen LogP) is -0.427. The van der Waals surface area contributed by atoms with Crippen LogP contribution in [0.1, 0.15) is 13.8 Å². The van der Waals surface area contributed by atoms with Crippen LogP contribution in [-0.4, -0.2) is 30.6 Å². The monoisotopic (exact) mass is 224 g/mol. The van der Waals surface area contributed by atoms with Crippen LogP contribution in [0.3, 0.4) is 0 Å². The fourth-order valence-corrected chi connectivity index (χ4v) is 1.07. The lowest BCUT2D eigenvalue weighted by Crippen LogP contribution is -2.52. The number of carbonyl (C=O) groups excluding carboxylic acids is 2.